The minimum Gasteiger partial charge on any atom is -0.354 e. The molecule has 1 atom stereocenters. The third kappa shape index (κ3) is 4.68. The number of carbonyl (C=O) groups is 1. The van der Waals surface area contributed by atoms with Crippen LogP contribution >= 0.6 is 12.4 Å². The lowest BCUT2D eigenvalue weighted by Gasteiger charge is -2.33. The van der Waals surface area contributed by atoms with Gasteiger partial charge < -0.3 is 10.6 Å². The molecule has 1 saturated heterocycles. The highest BCUT2D eigenvalue weighted by Crippen LogP contribution is 2.18. The van der Waals surface area contributed by atoms with Crippen LogP contribution in [0, 0.1) is 12.7 Å². The van der Waals surface area contributed by atoms with E-state index in [-0.39, 0.29) is 24.1 Å². The number of halogens is 2. The molecule has 2 N–H and O–H groups in total. The molecule has 0 spiro atoms. The van der Waals surface area contributed by atoms with E-state index in [1.807, 2.05) is 13.8 Å². The maximum Gasteiger partial charge on any atom is 0.240 e. The first kappa shape index (κ1) is 17.9. The summed E-state index contributed by atoms with van der Waals surface area (Å²) in [4.78, 5) is 12.2. The molecule has 1 aliphatic heterocycles. The van der Waals surface area contributed by atoms with Crippen LogP contribution in [0.3, 0.4) is 0 Å². The Kier molecular flexibility index (Phi) is 6.62. The average Bonchev–Trinajstić information content (AvgIpc) is 2.42. The van der Waals surface area contributed by atoms with Gasteiger partial charge in [-0.05, 0) is 69.3 Å². The van der Waals surface area contributed by atoms with Gasteiger partial charge in [0, 0.05) is 6.54 Å². The molecule has 2 rings (SSSR count). The summed E-state index contributed by atoms with van der Waals surface area (Å²) >= 11 is 0. The second kappa shape index (κ2) is 7.76. The fraction of sp³-hybridized carbons (Fsp3) is 0.562. The summed E-state index contributed by atoms with van der Waals surface area (Å²) < 4.78 is 13.0. The second-order valence-corrected chi connectivity index (χ2v) is 5.79. The van der Waals surface area contributed by atoms with Crippen LogP contribution in [0.2, 0.25) is 0 Å². The van der Waals surface area contributed by atoms with Crippen molar-refractivity contribution in [3.05, 3.63) is 35.1 Å². The van der Waals surface area contributed by atoms with Crippen molar-refractivity contribution >= 4 is 18.3 Å². The molecule has 1 fully saturated rings. The van der Waals surface area contributed by atoms with Crippen molar-refractivity contribution in [3.8, 4) is 0 Å². The highest BCUT2D eigenvalue weighted by molar-refractivity contribution is 5.86. The van der Waals surface area contributed by atoms with Gasteiger partial charge in [-0.3, -0.25) is 4.79 Å². The summed E-state index contributed by atoms with van der Waals surface area (Å²) in [5.74, 6) is -0.147. The van der Waals surface area contributed by atoms with Gasteiger partial charge in [-0.2, -0.15) is 0 Å². The molecule has 118 valence electrons. The Hall–Kier alpha value is -1.13. The van der Waals surface area contributed by atoms with Crippen LogP contribution in [0.1, 0.15) is 37.3 Å². The first-order valence-electron chi connectivity index (χ1n) is 7.30. The summed E-state index contributed by atoms with van der Waals surface area (Å²) in [5, 5.41) is 6.29. The summed E-state index contributed by atoms with van der Waals surface area (Å²) in [6, 6.07) is 4.78. The van der Waals surface area contributed by atoms with E-state index in [2.05, 4.69) is 10.6 Å². The molecule has 1 unspecified atom stereocenters. The topological polar surface area (TPSA) is 41.1 Å². The monoisotopic (exact) mass is 314 g/mol. The highest BCUT2D eigenvalue weighted by Gasteiger charge is 2.33. The number of piperidine rings is 1. The van der Waals surface area contributed by atoms with Crippen molar-refractivity contribution in [1.82, 2.24) is 10.6 Å². The predicted octanol–water partition coefficient (Wildman–Crippen LogP) is 2.75. The zero-order chi connectivity index (χ0) is 14.6. The number of benzene rings is 1. The van der Waals surface area contributed by atoms with Crippen molar-refractivity contribution in [1.29, 1.82) is 0 Å². The second-order valence-electron chi connectivity index (χ2n) is 5.79. The fourth-order valence-electron chi connectivity index (χ4n) is 2.70. The summed E-state index contributed by atoms with van der Waals surface area (Å²) in [6.45, 7) is 5.35. The Morgan fingerprint density at radius 2 is 2.19 bits per heavy atom. The van der Waals surface area contributed by atoms with Crippen LogP contribution in [-0.2, 0) is 11.2 Å². The van der Waals surface area contributed by atoms with Crippen LogP contribution in [-0.4, -0.2) is 24.5 Å². The summed E-state index contributed by atoms with van der Waals surface area (Å²) in [5.41, 5.74) is 1.57. The maximum absolute atomic E-state index is 13.0. The number of hydrogen-bond donors (Lipinski definition) is 2. The lowest BCUT2D eigenvalue weighted by Crippen LogP contribution is -2.57. The van der Waals surface area contributed by atoms with E-state index in [4.69, 9.17) is 0 Å². The van der Waals surface area contributed by atoms with Gasteiger partial charge in [-0.25, -0.2) is 4.39 Å². The SMILES string of the molecule is Cc1cc(F)ccc1CCNC(=O)C1(C)CCCCN1.Cl. The van der Waals surface area contributed by atoms with Crippen LogP contribution in [0.25, 0.3) is 0 Å². The molecule has 0 saturated carbocycles. The smallest absolute Gasteiger partial charge is 0.240 e. The zero-order valence-electron chi connectivity index (χ0n) is 12.7. The normalized spacial score (nSPS) is 21.5. The Bertz CT molecular complexity index is 487. The predicted molar refractivity (Wildman–Crippen MR) is 85.4 cm³/mol. The Morgan fingerprint density at radius 1 is 1.43 bits per heavy atom. The largest absolute Gasteiger partial charge is 0.354 e. The first-order chi connectivity index (χ1) is 9.51. The van der Waals surface area contributed by atoms with E-state index in [9.17, 15) is 9.18 Å². The van der Waals surface area contributed by atoms with Crippen LogP contribution in [0.15, 0.2) is 18.2 Å². The van der Waals surface area contributed by atoms with E-state index >= 15 is 0 Å². The van der Waals surface area contributed by atoms with Crippen molar-refractivity contribution in [3.63, 3.8) is 0 Å². The van der Waals surface area contributed by atoms with E-state index in [1.54, 1.807) is 6.07 Å². The minimum atomic E-state index is -0.434. The summed E-state index contributed by atoms with van der Waals surface area (Å²) in [6.07, 6.45) is 3.84. The summed E-state index contributed by atoms with van der Waals surface area (Å²) in [7, 11) is 0. The van der Waals surface area contributed by atoms with Crippen molar-refractivity contribution < 1.29 is 9.18 Å². The van der Waals surface area contributed by atoms with Gasteiger partial charge in [0.1, 0.15) is 5.82 Å². The molecule has 1 heterocycles. The Labute approximate surface area is 132 Å². The van der Waals surface area contributed by atoms with Crippen molar-refractivity contribution in [2.75, 3.05) is 13.1 Å². The molecule has 0 aliphatic carbocycles. The zero-order valence-corrected chi connectivity index (χ0v) is 13.5. The fourth-order valence-corrected chi connectivity index (χ4v) is 2.70. The van der Waals surface area contributed by atoms with Gasteiger partial charge in [-0.15, -0.1) is 12.4 Å². The van der Waals surface area contributed by atoms with Gasteiger partial charge >= 0.3 is 0 Å². The number of nitrogens with one attached hydrogen (secondary N) is 2. The molecule has 3 nitrogen and oxygen atoms in total. The molecule has 5 heteroatoms. The van der Waals surface area contributed by atoms with Crippen molar-refractivity contribution in [2.24, 2.45) is 0 Å². The van der Waals surface area contributed by atoms with Crippen molar-refractivity contribution in [2.45, 2.75) is 45.1 Å². The quantitative estimate of drug-likeness (QED) is 0.897. The standard InChI is InChI=1S/C16H23FN2O.ClH/c1-12-11-14(17)6-5-13(12)7-10-18-15(20)16(2)8-3-4-9-19-16;/h5-6,11,19H,3-4,7-10H2,1-2H3,(H,18,20);1H. The highest BCUT2D eigenvalue weighted by atomic mass is 35.5. The number of aryl methyl sites for hydroxylation is 1. The third-order valence-electron chi connectivity index (χ3n) is 4.10. The number of rotatable bonds is 4. The van der Waals surface area contributed by atoms with Crippen LogP contribution in [0.5, 0.6) is 0 Å². The minimum absolute atomic E-state index is 0. The van der Waals surface area contributed by atoms with Gasteiger partial charge in [-0.1, -0.05) is 6.07 Å². The molecule has 0 bridgehead atoms. The molecule has 0 radical (unpaired) electrons. The first-order valence-corrected chi connectivity index (χ1v) is 7.30. The Morgan fingerprint density at radius 3 is 2.81 bits per heavy atom. The molecule has 1 amide bonds. The molecule has 21 heavy (non-hydrogen) atoms. The van der Waals surface area contributed by atoms with E-state index < -0.39 is 5.54 Å². The lowest BCUT2D eigenvalue weighted by molar-refractivity contribution is -0.127. The maximum atomic E-state index is 13.0. The Balaban J connectivity index is 0.00000220. The molecule has 0 aromatic heterocycles. The number of amides is 1. The van der Waals surface area contributed by atoms with E-state index in [1.165, 1.54) is 12.1 Å². The number of hydrogen-bond acceptors (Lipinski definition) is 2. The average molecular weight is 315 g/mol. The molecular formula is C16H24ClFN2O. The molecule has 1 aromatic carbocycles. The van der Waals surface area contributed by atoms with Gasteiger partial charge in [0.2, 0.25) is 5.91 Å². The van der Waals surface area contributed by atoms with E-state index in [0.29, 0.717) is 6.54 Å². The van der Waals surface area contributed by atoms with Gasteiger partial charge in [0.25, 0.3) is 0 Å². The van der Waals surface area contributed by atoms with Gasteiger partial charge in [0.15, 0.2) is 0 Å². The third-order valence-corrected chi connectivity index (χ3v) is 4.10. The van der Waals surface area contributed by atoms with E-state index in [0.717, 1.165) is 43.4 Å². The lowest BCUT2D eigenvalue weighted by atomic mass is 9.90. The van der Waals surface area contributed by atoms with Crippen LogP contribution in [0.4, 0.5) is 4.39 Å². The molecule has 1 aromatic rings. The molecular weight excluding hydrogens is 291 g/mol. The van der Waals surface area contributed by atoms with Crippen LogP contribution < -0.4 is 10.6 Å². The molecule has 1 aliphatic rings. The number of carbonyl (C=O) groups excluding carboxylic acids is 1. The van der Waals surface area contributed by atoms with Gasteiger partial charge in [0.05, 0.1) is 5.54 Å².